The average molecular weight is 406 g/mol. The number of benzene rings is 3. The summed E-state index contributed by atoms with van der Waals surface area (Å²) in [6, 6.07) is 23.4. The van der Waals surface area contributed by atoms with Crippen molar-refractivity contribution in [1.29, 1.82) is 0 Å². The van der Waals surface area contributed by atoms with E-state index in [4.69, 9.17) is 5.73 Å². The van der Waals surface area contributed by atoms with Crippen molar-refractivity contribution in [3.8, 4) is 0 Å². The molecule has 0 saturated carbocycles. The summed E-state index contributed by atoms with van der Waals surface area (Å²) in [4.78, 5) is 18.6. The highest BCUT2D eigenvalue weighted by Gasteiger charge is 2.23. The number of hydrogen-bond donors (Lipinski definition) is 2. The molecule has 0 bridgehead atoms. The van der Waals surface area contributed by atoms with Crippen molar-refractivity contribution in [2.24, 2.45) is 0 Å². The number of anilines is 2. The van der Waals surface area contributed by atoms with E-state index in [1.54, 1.807) is 0 Å². The Bertz CT molecular complexity index is 1130. The van der Waals surface area contributed by atoms with Gasteiger partial charge in [-0.25, -0.2) is 4.98 Å². The summed E-state index contributed by atoms with van der Waals surface area (Å²) in [6.07, 6.45) is 0. The fourth-order valence-corrected chi connectivity index (χ4v) is 4.94. The van der Waals surface area contributed by atoms with Crippen LogP contribution in [0.15, 0.2) is 77.7 Å². The van der Waals surface area contributed by atoms with Crippen molar-refractivity contribution in [2.45, 2.75) is 17.1 Å². The molecule has 140 valence electrons. The third kappa shape index (κ3) is 4.18. The molecule has 0 aliphatic carbocycles. The maximum absolute atomic E-state index is 13.1. The van der Waals surface area contributed by atoms with Crippen molar-refractivity contribution < 1.29 is 4.79 Å². The van der Waals surface area contributed by atoms with Crippen LogP contribution in [0.25, 0.3) is 10.2 Å². The van der Waals surface area contributed by atoms with Gasteiger partial charge in [0.2, 0.25) is 5.91 Å². The van der Waals surface area contributed by atoms with Crippen LogP contribution in [0, 0.1) is 6.92 Å². The lowest BCUT2D eigenvalue weighted by atomic mass is 10.1. The minimum Gasteiger partial charge on any atom is -0.399 e. The second-order valence-electron chi connectivity index (χ2n) is 6.46. The Balaban J connectivity index is 1.62. The maximum atomic E-state index is 13.1. The largest absolute Gasteiger partial charge is 0.399 e. The van der Waals surface area contributed by atoms with Crippen molar-refractivity contribution in [3.05, 3.63) is 83.9 Å². The molecule has 4 nitrogen and oxygen atoms in total. The number of hydrogen-bond acceptors (Lipinski definition) is 5. The minimum absolute atomic E-state index is 0.102. The molecule has 28 heavy (non-hydrogen) atoms. The summed E-state index contributed by atoms with van der Waals surface area (Å²) in [5.74, 6) is -0.102. The summed E-state index contributed by atoms with van der Waals surface area (Å²) in [5, 5.41) is 3.21. The number of nitrogens with one attached hydrogen (secondary N) is 1. The van der Waals surface area contributed by atoms with Gasteiger partial charge in [-0.3, -0.25) is 4.79 Å². The molecule has 1 atom stereocenters. The number of nitrogens with zero attached hydrogens (tertiary/aromatic N) is 1. The fourth-order valence-electron chi connectivity index (χ4n) is 2.88. The summed E-state index contributed by atoms with van der Waals surface area (Å²) in [6.45, 7) is 2.05. The molecule has 1 amide bonds. The first-order valence-electron chi connectivity index (χ1n) is 8.84. The number of carbonyl (C=O) groups is 1. The van der Waals surface area contributed by atoms with E-state index in [0.717, 1.165) is 20.7 Å². The molecule has 0 fully saturated rings. The second kappa shape index (κ2) is 8.04. The van der Waals surface area contributed by atoms with Crippen molar-refractivity contribution >= 4 is 50.0 Å². The van der Waals surface area contributed by atoms with Gasteiger partial charge in [0.25, 0.3) is 0 Å². The Morgan fingerprint density at radius 1 is 1.07 bits per heavy atom. The third-order valence-corrected chi connectivity index (χ3v) is 6.41. The first kappa shape index (κ1) is 18.5. The number of aromatic nitrogens is 1. The van der Waals surface area contributed by atoms with Gasteiger partial charge in [0, 0.05) is 10.6 Å². The Hall–Kier alpha value is -2.83. The first-order valence-corrected chi connectivity index (χ1v) is 10.5. The van der Waals surface area contributed by atoms with Gasteiger partial charge in [0.05, 0.1) is 10.2 Å². The predicted octanol–water partition coefficient (Wildman–Crippen LogP) is 5.66. The number of rotatable bonds is 5. The average Bonchev–Trinajstić information content (AvgIpc) is 3.08. The van der Waals surface area contributed by atoms with E-state index in [9.17, 15) is 4.79 Å². The normalized spacial score (nSPS) is 12.0. The lowest BCUT2D eigenvalue weighted by Gasteiger charge is -2.16. The number of carbonyl (C=O) groups excluding carboxylic acids is 1. The van der Waals surface area contributed by atoms with Gasteiger partial charge in [-0.15, -0.1) is 11.8 Å². The SMILES string of the molecule is Cc1ccc2nc(NC(=O)C(Sc3cccc(N)c3)c3ccccc3)sc2c1. The Labute approximate surface area is 171 Å². The number of nitrogen functional groups attached to an aromatic ring is 1. The van der Waals surface area contributed by atoms with E-state index in [-0.39, 0.29) is 5.91 Å². The van der Waals surface area contributed by atoms with Crippen LogP contribution < -0.4 is 11.1 Å². The number of aryl methyl sites for hydroxylation is 1. The summed E-state index contributed by atoms with van der Waals surface area (Å²) in [5.41, 5.74) is 9.59. The van der Waals surface area contributed by atoms with Gasteiger partial charge < -0.3 is 11.1 Å². The van der Waals surface area contributed by atoms with Crippen molar-refractivity contribution in [1.82, 2.24) is 4.98 Å². The van der Waals surface area contributed by atoms with Gasteiger partial charge in [-0.1, -0.05) is 53.8 Å². The van der Waals surface area contributed by atoms with Crippen molar-refractivity contribution in [2.75, 3.05) is 11.1 Å². The van der Waals surface area contributed by atoms with Crippen LogP contribution in [-0.2, 0) is 4.79 Å². The van der Waals surface area contributed by atoms with Crippen LogP contribution in [0.3, 0.4) is 0 Å². The third-order valence-electron chi connectivity index (χ3n) is 4.23. The number of thiazole rings is 1. The fraction of sp³-hybridized carbons (Fsp3) is 0.0909. The first-order chi connectivity index (χ1) is 13.6. The van der Waals surface area contributed by atoms with Gasteiger partial charge in [0.1, 0.15) is 5.25 Å². The lowest BCUT2D eigenvalue weighted by molar-refractivity contribution is -0.115. The van der Waals surface area contributed by atoms with Crippen molar-refractivity contribution in [3.63, 3.8) is 0 Å². The van der Waals surface area contributed by atoms with E-state index in [0.29, 0.717) is 10.8 Å². The van der Waals surface area contributed by atoms with Crippen LogP contribution in [0.5, 0.6) is 0 Å². The molecule has 1 aromatic heterocycles. The number of thioether (sulfide) groups is 1. The molecule has 3 N–H and O–H groups in total. The molecule has 4 rings (SSSR count). The van der Waals surface area contributed by atoms with Crippen LogP contribution in [0.4, 0.5) is 10.8 Å². The van der Waals surface area contributed by atoms with Crippen LogP contribution in [-0.4, -0.2) is 10.9 Å². The van der Waals surface area contributed by atoms with E-state index < -0.39 is 5.25 Å². The zero-order valence-electron chi connectivity index (χ0n) is 15.3. The molecule has 0 radical (unpaired) electrons. The molecule has 0 aliphatic heterocycles. The second-order valence-corrected chi connectivity index (χ2v) is 8.67. The van der Waals surface area contributed by atoms with Gasteiger partial charge >= 0.3 is 0 Å². The van der Waals surface area contributed by atoms with Gasteiger partial charge in [0.15, 0.2) is 5.13 Å². The molecule has 3 aromatic carbocycles. The van der Waals surface area contributed by atoms with E-state index in [2.05, 4.69) is 16.4 Å². The minimum atomic E-state index is -0.406. The standard InChI is InChI=1S/C22H19N3OS2/c1-14-10-11-18-19(12-14)28-22(24-18)25-21(26)20(15-6-3-2-4-7-15)27-17-9-5-8-16(23)13-17/h2-13,20H,23H2,1H3,(H,24,25,26). The molecule has 0 spiro atoms. The molecule has 0 aliphatic rings. The predicted molar refractivity (Wildman–Crippen MR) is 119 cm³/mol. The van der Waals surface area contributed by atoms with E-state index in [1.165, 1.54) is 28.7 Å². The highest BCUT2D eigenvalue weighted by molar-refractivity contribution is 8.00. The molecule has 1 unspecified atom stereocenters. The number of nitrogens with two attached hydrogens (primary N) is 1. The highest BCUT2D eigenvalue weighted by Crippen LogP contribution is 2.37. The molecule has 4 aromatic rings. The van der Waals surface area contributed by atoms with Gasteiger partial charge in [-0.05, 0) is 48.4 Å². The zero-order chi connectivity index (χ0) is 19.5. The topological polar surface area (TPSA) is 68.0 Å². The van der Waals surface area contributed by atoms with Gasteiger partial charge in [-0.2, -0.15) is 0 Å². The van der Waals surface area contributed by atoms with E-state index >= 15 is 0 Å². The van der Waals surface area contributed by atoms with Crippen LogP contribution in [0.1, 0.15) is 16.4 Å². The molecule has 1 heterocycles. The monoisotopic (exact) mass is 405 g/mol. The quantitative estimate of drug-likeness (QED) is 0.332. The molecule has 6 heteroatoms. The smallest absolute Gasteiger partial charge is 0.244 e. The lowest BCUT2D eigenvalue weighted by Crippen LogP contribution is -2.18. The Kier molecular flexibility index (Phi) is 5.32. The summed E-state index contributed by atoms with van der Waals surface area (Å²) >= 11 is 2.97. The molecular weight excluding hydrogens is 386 g/mol. The number of fused-ring (bicyclic) bond motifs is 1. The Morgan fingerprint density at radius 2 is 1.89 bits per heavy atom. The molecule has 0 saturated heterocycles. The van der Waals surface area contributed by atoms with Crippen LogP contribution in [0.2, 0.25) is 0 Å². The zero-order valence-corrected chi connectivity index (χ0v) is 16.9. The number of amides is 1. The molecular formula is C22H19N3OS2. The summed E-state index contributed by atoms with van der Waals surface area (Å²) < 4.78 is 1.06. The van der Waals surface area contributed by atoms with E-state index in [1.807, 2.05) is 73.7 Å². The summed E-state index contributed by atoms with van der Waals surface area (Å²) in [7, 11) is 0. The maximum Gasteiger partial charge on any atom is 0.244 e. The van der Waals surface area contributed by atoms with Crippen LogP contribution >= 0.6 is 23.1 Å². The Morgan fingerprint density at radius 3 is 2.68 bits per heavy atom. The highest BCUT2D eigenvalue weighted by atomic mass is 32.2.